The average molecular weight is 238 g/mol. The molecule has 2 rings (SSSR count). The van der Waals surface area contributed by atoms with E-state index < -0.39 is 5.97 Å². The Kier molecular flexibility index (Phi) is 3.81. The van der Waals surface area contributed by atoms with E-state index in [1.807, 2.05) is 19.2 Å². The van der Waals surface area contributed by atoms with Crippen LogP contribution in [0.5, 0.6) is 0 Å². The molecule has 1 atom stereocenters. The summed E-state index contributed by atoms with van der Waals surface area (Å²) in [5, 5.41) is 9.15. The standard InChI is InChI=1S/C12H18N2O3/c1-13-4-5-14(8-10(7-13)12(15)16)9-11-3-2-6-17-11/h2-3,6,10H,4-5,7-9H2,1H3,(H,15,16). The number of carboxylic acid groups (broad SMARTS) is 1. The summed E-state index contributed by atoms with van der Waals surface area (Å²) in [4.78, 5) is 15.3. The highest BCUT2D eigenvalue weighted by atomic mass is 16.4. The van der Waals surface area contributed by atoms with Gasteiger partial charge in [0.15, 0.2) is 0 Å². The highest BCUT2D eigenvalue weighted by Crippen LogP contribution is 2.12. The second kappa shape index (κ2) is 5.33. The van der Waals surface area contributed by atoms with Gasteiger partial charge in [-0.2, -0.15) is 0 Å². The van der Waals surface area contributed by atoms with Crippen molar-refractivity contribution < 1.29 is 14.3 Å². The molecule has 0 saturated carbocycles. The monoisotopic (exact) mass is 238 g/mol. The summed E-state index contributed by atoms with van der Waals surface area (Å²) in [5.41, 5.74) is 0. The molecule has 0 bridgehead atoms. The van der Waals surface area contributed by atoms with Crippen molar-refractivity contribution in [3.05, 3.63) is 24.2 Å². The molecular weight excluding hydrogens is 220 g/mol. The smallest absolute Gasteiger partial charge is 0.309 e. The number of rotatable bonds is 3. The second-order valence-electron chi connectivity index (χ2n) is 4.61. The van der Waals surface area contributed by atoms with Crippen LogP contribution in [0.2, 0.25) is 0 Å². The normalized spacial score (nSPS) is 23.5. The van der Waals surface area contributed by atoms with E-state index in [1.54, 1.807) is 6.26 Å². The topological polar surface area (TPSA) is 56.9 Å². The summed E-state index contributed by atoms with van der Waals surface area (Å²) in [5.74, 6) is -0.153. The molecule has 1 N–H and O–H groups in total. The third-order valence-electron chi connectivity index (χ3n) is 3.12. The van der Waals surface area contributed by atoms with Crippen molar-refractivity contribution in [2.45, 2.75) is 6.54 Å². The van der Waals surface area contributed by atoms with Gasteiger partial charge in [-0.3, -0.25) is 9.69 Å². The molecule has 1 unspecified atom stereocenters. The maximum Gasteiger partial charge on any atom is 0.309 e. The van der Waals surface area contributed by atoms with Crippen LogP contribution in [0.25, 0.3) is 0 Å². The number of carbonyl (C=O) groups is 1. The summed E-state index contributed by atoms with van der Waals surface area (Å²) in [7, 11) is 1.96. The third-order valence-corrected chi connectivity index (χ3v) is 3.12. The second-order valence-corrected chi connectivity index (χ2v) is 4.61. The Bertz CT molecular complexity index is 364. The van der Waals surface area contributed by atoms with Crippen molar-refractivity contribution in [2.75, 3.05) is 33.2 Å². The van der Waals surface area contributed by atoms with Crippen LogP contribution < -0.4 is 0 Å². The number of likely N-dealkylation sites (N-methyl/N-ethyl adjacent to an activating group) is 1. The Balaban J connectivity index is 1.99. The predicted octanol–water partition coefficient (Wildman–Crippen LogP) is 0.728. The van der Waals surface area contributed by atoms with Gasteiger partial charge in [0.1, 0.15) is 5.76 Å². The van der Waals surface area contributed by atoms with Crippen LogP contribution >= 0.6 is 0 Å². The van der Waals surface area contributed by atoms with Gasteiger partial charge in [0, 0.05) is 26.2 Å². The maximum atomic E-state index is 11.1. The quantitative estimate of drug-likeness (QED) is 0.841. The Hall–Kier alpha value is -1.33. The fraction of sp³-hybridized carbons (Fsp3) is 0.583. The molecular formula is C12H18N2O3. The van der Waals surface area contributed by atoms with E-state index in [0.717, 1.165) is 18.8 Å². The SMILES string of the molecule is CN1CCN(Cc2ccco2)CC(C(=O)O)C1. The van der Waals surface area contributed by atoms with Crippen LogP contribution in [0.4, 0.5) is 0 Å². The molecule has 94 valence electrons. The first-order valence-electron chi connectivity index (χ1n) is 5.81. The van der Waals surface area contributed by atoms with Crippen molar-refractivity contribution in [3.63, 3.8) is 0 Å². The Morgan fingerprint density at radius 1 is 1.53 bits per heavy atom. The van der Waals surface area contributed by atoms with Gasteiger partial charge in [-0.25, -0.2) is 0 Å². The van der Waals surface area contributed by atoms with Gasteiger partial charge in [0.2, 0.25) is 0 Å². The van der Waals surface area contributed by atoms with Crippen molar-refractivity contribution >= 4 is 5.97 Å². The van der Waals surface area contributed by atoms with E-state index in [0.29, 0.717) is 19.6 Å². The Labute approximate surface area is 101 Å². The molecule has 2 heterocycles. The fourth-order valence-corrected chi connectivity index (χ4v) is 2.16. The average Bonchev–Trinajstić information content (AvgIpc) is 2.70. The number of hydrogen-bond acceptors (Lipinski definition) is 4. The lowest BCUT2D eigenvalue weighted by Crippen LogP contribution is -2.33. The molecule has 5 heteroatoms. The van der Waals surface area contributed by atoms with Gasteiger partial charge in [0.25, 0.3) is 0 Å². The van der Waals surface area contributed by atoms with E-state index >= 15 is 0 Å². The molecule has 5 nitrogen and oxygen atoms in total. The molecule has 0 aromatic carbocycles. The van der Waals surface area contributed by atoms with E-state index in [-0.39, 0.29) is 5.92 Å². The first-order valence-corrected chi connectivity index (χ1v) is 5.81. The first-order chi connectivity index (χ1) is 8.15. The Morgan fingerprint density at radius 3 is 3.00 bits per heavy atom. The number of aliphatic carboxylic acids is 1. The molecule has 1 aromatic heterocycles. The van der Waals surface area contributed by atoms with Crippen LogP contribution in [0.3, 0.4) is 0 Å². The molecule has 0 aliphatic carbocycles. The minimum Gasteiger partial charge on any atom is -0.481 e. The summed E-state index contributed by atoms with van der Waals surface area (Å²) in [6.45, 7) is 3.65. The van der Waals surface area contributed by atoms with Gasteiger partial charge >= 0.3 is 5.97 Å². The number of furan rings is 1. The minimum absolute atomic E-state index is 0.322. The van der Waals surface area contributed by atoms with Gasteiger partial charge < -0.3 is 14.4 Å². The molecule has 17 heavy (non-hydrogen) atoms. The van der Waals surface area contributed by atoms with Crippen LogP contribution in [0, 0.1) is 5.92 Å². The van der Waals surface area contributed by atoms with Crippen molar-refractivity contribution in [2.24, 2.45) is 5.92 Å². The van der Waals surface area contributed by atoms with E-state index in [2.05, 4.69) is 9.80 Å². The first kappa shape index (κ1) is 12.1. The zero-order valence-electron chi connectivity index (χ0n) is 10.0. The number of hydrogen-bond donors (Lipinski definition) is 1. The summed E-state index contributed by atoms with van der Waals surface area (Å²) in [6, 6.07) is 3.78. The number of carboxylic acids is 1. The van der Waals surface area contributed by atoms with Crippen LogP contribution in [0.15, 0.2) is 22.8 Å². The fourth-order valence-electron chi connectivity index (χ4n) is 2.16. The van der Waals surface area contributed by atoms with Crippen molar-refractivity contribution in [3.8, 4) is 0 Å². The highest BCUT2D eigenvalue weighted by Gasteiger charge is 2.26. The number of nitrogens with zero attached hydrogens (tertiary/aromatic N) is 2. The van der Waals surface area contributed by atoms with Crippen molar-refractivity contribution in [1.82, 2.24) is 9.80 Å². The molecule has 0 radical (unpaired) electrons. The van der Waals surface area contributed by atoms with Crippen molar-refractivity contribution in [1.29, 1.82) is 0 Å². The highest BCUT2D eigenvalue weighted by molar-refractivity contribution is 5.70. The van der Waals surface area contributed by atoms with Crippen LogP contribution in [-0.2, 0) is 11.3 Å². The van der Waals surface area contributed by atoms with Crippen LogP contribution in [0.1, 0.15) is 5.76 Å². The van der Waals surface area contributed by atoms with E-state index in [9.17, 15) is 4.79 Å². The zero-order valence-corrected chi connectivity index (χ0v) is 10.0. The Morgan fingerprint density at radius 2 is 2.35 bits per heavy atom. The molecule has 1 aliphatic rings. The molecule has 1 fully saturated rings. The molecule has 1 saturated heterocycles. The van der Waals surface area contributed by atoms with Gasteiger partial charge in [-0.1, -0.05) is 0 Å². The third kappa shape index (κ3) is 3.31. The lowest BCUT2D eigenvalue weighted by molar-refractivity contribution is -0.142. The van der Waals surface area contributed by atoms with Gasteiger partial charge in [-0.05, 0) is 19.2 Å². The predicted molar refractivity (Wildman–Crippen MR) is 62.6 cm³/mol. The summed E-state index contributed by atoms with van der Waals surface area (Å²) in [6.07, 6.45) is 1.65. The lowest BCUT2D eigenvalue weighted by atomic mass is 10.1. The van der Waals surface area contributed by atoms with E-state index in [4.69, 9.17) is 9.52 Å². The van der Waals surface area contributed by atoms with E-state index in [1.165, 1.54) is 0 Å². The molecule has 1 aromatic rings. The maximum absolute atomic E-state index is 11.1. The lowest BCUT2D eigenvalue weighted by Gasteiger charge is -2.20. The zero-order chi connectivity index (χ0) is 12.3. The molecule has 0 amide bonds. The largest absolute Gasteiger partial charge is 0.481 e. The molecule has 1 aliphatic heterocycles. The molecule has 0 spiro atoms. The summed E-state index contributed by atoms with van der Waals surface area (Å²) >= 11 is 0. The minimum atomic E-state index is -0.719. The summed E-state index contributed by atoms with van der Waals surface area (Å²) < 4.78 is 5.30. The van der Waals surface area contributed by atoms with Gasteiger partial charge in [-0.15, -0.1) is 0 Å². The van der Waals surface area contributed by atoms with Crippen LogP contribution in [-0.4, -0.2) is 54.1 Å². The van der Waals surface area contributed by atoms with Gasteiger partial charge in [0.05, 0.1) is 18.7 Å².